The first-order valence-electron chi connectivity index (χ1n) is 14.1. The van der Waals surface area contributed by atoms with Crippen LogP contribution < -0.4 is 0 Å². The van der Waals surface area contributed by atoms with Crippen molar-refractivity contribution in [2.75, 3.05) is 6.61 Å². The highest BCUT2D eigenvalue weighted by atomic mass is 16.7. The summed E-state index contributed by atoms with van der Waals surface area (Å²) in [6.45, 7) is 4.16. The number of esters is 1. The molecule has 6 aliphatic rings. The van der Waals surface area contributed by atoms with Gasteiger partial charge in [0.1, 0.15) is 24.9 Å². The first-order chi connectivity index (χ1) is 17.5. The van der Waals surface area contributed by atoms with Crippen LogP contribution in [0, 0.1) is 29.1 Å². The van der Waals surface area contributed by atoms with Gasteiger partial charge >= 0.3 is 5.97 Å². The van der Waals surface area contributed by atoms with Crippen LogP contribution in [0.4, 0.5) is 0 Å². The van der Waals surface area contributed by atoms with Crippen LogP contribution in [0.15, 0.2) is 11.6 Å². The predicted octanol–water partition coefficient (Wildman–Crippen LogP) is 1.18. The minimum atomic E-state index is -1.36. The summed E-state index contributed by atoms with van der Waals surface area (Å²) in [5, 5.41) is 54.6. The molecule has 4 saturated carbocycles. The number of aliphatic hydroxyl groups excluding tert-OH is 3. The fourth-order valence-electron chi connectivity index (χ4n) is 9.43. The Balaban J connectivity index is 1.16. The second-order valence-electron chi connectivity index (χ2n) is 13.0. The molecule has 0 aromatic carbocycles. The van der Waals surface area contributed by atoms with Gasteiger partial charge in [0.25, 0.3) is 0 Å². The molecule has 208 valence electrons. The molecule has 0 bridgehead atoms. The van der Waals surface area contributed by atoms with Crippen LogP contribution in [0.2, 0.25) is 0 Å². The molecule has 2 heterocycles. The average molecular weight is 523 g/mol. The number of hydrogen-bond acceptors (Lipinski definition) is 9. The topological polar surface area (TPSA) is 146 Å². The Kier molecular flexibility index (Phi) is 6.35. The van der Waals surface area contributed by atoms with Crippen molar-refractivity contribution in [1.29, 1.82) is 0 Å². The number of ether oxygens (including phenoxy) is 3. The maximum absolute atomic E-state index is 12.3. The normalized spacial score (nSPS) is 55.6. The Morgan fingerprint density at radius 1 is 0.946 bits per heavy atom. The minimum Gasteiger partial charge on any atom is -0.458 e. The van der Waals surface area contributed by atoms with Gasteiger partial charge in [-0.1, -0.05) is 6.92 Å². The largest absolute Gasteiger partial charge is 0.458 e. The zero-order valence-electron chi connectivity index (χ0n) is 21.8. The summed E-state index contributed by atoms with van der Waals surface area (Å²) in [5.41, 5.74) is -1.02. The molecule has 0 radical (unpaired) electrons. The van der Waals surface area contributed by atoms with Gasteiger partial charge < -0.3 is 39.7 Å². The van der Waals surface area contributed by atoms with Crippen molar-refractivity contribution in [3.8, 4) is 0 Å². The standard InChI is InChI=1S/C28H42O9/c1-14-22(30)23(31)24(32)25(36-14)37-16-3-4-19-17-5-8-26(2)18(15-11-21(29)35-13-15)7-10-28(26,34)20(17)6-9-27(19,33)12-16/h11,14,16-20,22-25,30-34H,3-10,12-13H2,1-2H3/t14-,16-,17+,18+,19+,20+,22-,23+,24+,25-,26+,27-,28-/m0/s1. The predicted molar refractivity (Wildman–Crippen MR) is 130 cm³/mol. The smallest absolute Gasteiger partial charge is 0.331 e. The van der Waals surface area contributed by atoms with Crippen LogP contribution in [0.25, 0.3) is 0 Å². The number of carbonyl (C=O) groups excluding carboxylic acids is 1. The maximum atomic E-state index is 12.3. The summed E-state index contributed by atoms with van der Waals surface area (Å²) in [6.07, 6.45) is 2.24. The van der Waals surface area contributed by atoms with Gasteiger partial charge in [0.05, 0.1) is 23.4 Å². The SMILES string of the molecule is C[C@@H]1O[C@@H](O[C@H]2CC[C@@H]3[C@H]4CC[C@]5(C)[C@@H](C6=CC(=O)OC6)CC[C@]5(O)[C@@H]4CC[C@]3(O)C2)[C@H](O)[C@H](O)[C@H]1O. The highest BCUT2D eigenvalue weighted by Crippen LogP contribution is 2.68. The molecule has 37 heavy (non-hydrogen) atoms. The number of rotatable bonds is 3. The average Bonchev–Trinajstić information content (AvgIpc) is 3.40. The number of carbonyl (C=O) groups is 1. The number of fused-ring (bicyclic) bond motifs is 5. The third-order valence-corrected chi connectivity index (χ3v) is 11.4. The molecule has 4 aliphatic carbocycles. The van der Waals surface area contributed by atoms with E-state index in [0.717, 1.165) is 37.7 Å². The fraction of sp³-hybridized carbons (Fsp3) is 0.893. The Labute approximate surface area is 217 Å². The molecule has 1 saturated heterocycles. The second-order valence-corrected chi connectivity index (χ2v) is 13.0. The molecule has 0 aromatic rings. The lowest BCUT2D eigenvalue weighted by atomic mass is 9.46. The van der Waals surface area contributed by atoms with E-state index in [1.807, 2.05) is 0 Å². The molecule has 0 spiro atoms. The van der Waals surface area contributed by atoms with Crippen LogP contribution in [-0.4, -0.2) is 86.1 Å². The van der Waals surface area contributed by atoms with Gasteiger partial charge in [0.2, 0.25) is 0 Å². The van der Waals surface area contributed by atoms with E-state index in [1.165, 1.54) is 0 Å². The maximum Gasteiger partial charge on any atom is 0.331 e. The minimum absolute atomic E-state index is 0.0675. The van der Waals surface area contributed by atoms with Gasteiger partial charge in [-0.3, -0.25) is 0 Å². The van der Waals surface area contributed by atoms with Crippen LogP contribution in [0.3, 0.4) is 0 Å². The first kappa shape index (κ1) is 26.2. The molecule has 0 amide bonds. The van der Waals surface area contributed by atoms with Crippen molar-refractivity contribution in [2.24, 2.45) is 29.1 Å². The van der Waals surface area contributed by atoms with Crippen molar-refractivity contribution in [3.63, 3.8) is 0 Å². The van der Waals surface area contributed by atoms with Crippen molar-refractivity contribution in [1.82, 2.24) is 0 Å². The number of aliphatic hydroxyl groups is 5. The zero-order chi connectivity index (χ0) is 26.3. The molecule has 9 heteroatoms. The summed E-state index contributed by atoms with van der Waals surface area (Å²) in [5.74, 6) is 0.265. The Hall–Kier alpha value is -1.07. The van der Waals surface area contributed by atoms with Gasteiger partial charge in [-0.2, -0.15) is 0 Å². The molecule has 5 N–H and O–H groups in total. The van der Waals surface area contributed by atoms with Gasteiger partial charge in [-0.25, -0.2) is 4.79 Å². The zero-order valence-corrected chi connectivity index (χ0v) is 21.8. The van der Waals surface area contributed by atoms with Crippen molar-refractivity contribution in [3.05, 3.63) is 11.6 Å². The molecule has 6 rings (SSSR count). The summed E-state index contributed by atoms with van der Waals surface area (Å²) in [6, 6.07) is 0. The van der Waals surface area contributed by atoms with Gasteiger partial charge in [0, 0.05) is 17.9 Å². The lowest BCUT2D eigenvalue weighted by Crippen LogP contribution is -2.64. The first-order valence-corrected chi connectivity index (χ1v) is 14.1. The van der Waals surface area contributed by atoms with Crippen LogP contribution >= 0.6 is 0 Å². The third-order valence-electron chi connectivity index (χ3n) is 11.4. The molecule has 13 atom stereocenters. The number of cyclic esters (lactones) is 1. The monoisotopic (exact) mass is 522 g/mol. The molecular weight excluding hydrogens is 480 g/mol. The highest BCUT2D eigenvalue weighted by Gasteiger charge is 2.67. The summed E-state index contributed by atoms with van der Waals surface area (Å²) < 4.78 is 16.9. The van der Waals surface area contributed by atoms with Crippen molar-refractivity contribution < 1.29 is 44.5 Å². The highest BCUT2D eigenvalue weighted by molar-refractivity contribution is 5.85. The van der Waals surface area contributed by atoms with E-state index >= 15 is 0 Å². The molecular formula is C28H42O9. The summed E-state index contributed by atoms with van der Waals surface area (Å²) >= 11 is 0. The van der Waals surface area contributed by atoms with E-state index in [1.54, 1.807) is 13.0 Å². The lowest BCUT2D eigenvalue weighted by Gasteiger charge is -2.62. The molecule has 9 nitrogen and oxygen atoms in total. The molecule has 2 aliphatic heterocycles. The van der Waals surface area contributed by atoms with E-state index in [2.05, 4.69) is 6.92 Å². The Morgan fingerprint density at radius 3 is 2.46 bits per heavy atom. The Bertz CT molecular complexity index is 954. The fourth-order valence-corrected chi connectivity index (χ4v) is 9.43. The van der Waals surface area contributed by atoms with Crippen molar-refractivity contribution >= 4 is 5.97 Å². The van der Waals surface area contributed by atoms with E-state index in [0.29, 0.717) is 32.3 Å². The molecule has 5 fully saturated rings. The van der Waals surface area contributed by atoms with E-state index < -0.39 is 41.9 Å². The van der Waals surface area contributed by atoms with E-state index in [4.69, 9.17) is 14.2 Å². The van der Waals surface area contributed by atoms with Crippen molar-refractivity contribution in [2.45, 2.75) is 120 Å². The van der Waals surface area contributed by atoms with Gasteiger partial charge in [-0.05, 0) is 87.5 Å². The van der Waals surface area contributed by atoms with E-state index in [-0.39, 0.29) is 41.2 Å². The van der Waals surface area contributed by atoms with Crippen LogP contribution in [0.1, 0.15) is 71.6 Å². The quantitative estimate of drug-likeness (QED) is 0.272. The van der Waals surface area contributed by atoms with Crippen LogP contribution in [0.5, 0.6) is 0 Å². The number of hydrogen-bond donors (Lipinski definition) is 5. The van der Waals surface area contributed by atoms with E-state index in [9.17, 15) is 30.3 Å². The third kappa shape index (κ3) is 3.87. The summed E-state index contributed by atoms with van der Waals surface area (Å²) in [7, 11) is 0. The second kappa shape index (κ2) is 8.98. The molecule has 0 unspecified atom stereocenters. The lowest BCUT2D eigenvalue weighted by molar-refractivity contribution is -0.313. The molecule has 0 aromatic heterocycles. The van der Waals surface area contributed by atoms with Crippen LogP contribution in [-0.2, 0) is 19.0 Å². The van der Waals surface area contributed by atoms with Gasteiger partial charge in [0.15, 0.2) is 6.29 Å². The summed E-state index contributed by atoms with van der Waals surface area (Å²) in [4.78, 5) is 11.7. The Morgan fingerprint density at radius 2 is 1.73 bits per heavy atom. The van der Waals surface area contributed by atoms with Gasteiger partial charge in [-0.15, -0.1) is 0 Å².